The smallest absolute Gasteiger partial charge is 0.267 e. The highest BCUT2D eigenvalue weighted by atomic mass is 19.1. The van der Waals surface area contributed by atoms with Gasteiger partial charge in [-0.2, -0.15) is 5.10 Å². The maximum absolute atomic E-state index is 14.5. The van der Waals surface area contributed by atoms with E-state index >= 15 is 0 Å². The number of aromatic nitrogens is 2. The Labute approximate surface area is 185 Å². The Kier molecular flexibility index (Phi) is 6.36. The number of H-pyrrole nitrogens is 1. The number of benzene rings is 1. The summed E-state index contributed by atoms with van der Waals surface area (Å²) in [4.78, 5) is 40.7. The minimum Gasteiger partial charge on any atom is -0.338 e. The fourth-order valence-electron chi connectivity index (χ4n) is 4.30. The zero-order valence-corrected chi connectivity index (χ0v) is 18.4. The number of rotatable bonds is 4. The third-order valence-corrected chi connectivity index (χ3v) is 6.50. The van der Waals surface area contributed by atoms with Crippen LogP contribution in [0, 0.1) is 19.7 Å². The number of halogens is 1. The lowest BCUT2D eigenvalue weighted by molar-refractivity contribution is -0.134. The lowest BCUT2D eigenvalue weighted by atomic mass is 10.0. The second-order valence-corrected chi connectivity index (χ2v) is 8.51. The molecule has 2 amide bonds. The molecule has 2 fully saturated rings. The van der Waals surface area contributed by atoms with Crippen LogP contribution in [0.5, 0.6) is 0 Å². The molecule has 1 aromatic carbocycles. The fourth-order valence-corrected chi connectivity index (χ4v) is 4.30. The van der Waals surface area contributed by atoms with Crippen LogP contribution in [0.25, 0.3) is 0 Å². The molecule has 0 aliphatic carbocycles. The van der Waals surface area contributed by atoms with Gasteiger partial charge in [0.1, 0.15) is 5.82 Å². The highest BCUT2D eigenvalue weighted by molar-refractivity contribution is 5.95. The summed E-state index contributed by atoms with van der Waals surface area (Å²) in [7, 11) is 0. The third-order valence-electron chi connectivity index (χ3n) is 6.50. The van der Waals surface area contributed by atoms with E-state index in [1.54, 1.807) is 28.9 Å². The molecule has 3 heterocycles. The van der Waals surface area contributed by atoms with Gasteiger partial charge in [-0.3, -0.25) is 14.4 Å². The van der Waals surface area contributed by atoms with E-state index in [-0.39, 0.29) is 29.0 Å². The average molecular weight is 442 g/mol. The Balaban J connectivity index is 1.44. The van der Waals surface area contributed by atoms with Crippen molar-refractivity contribution in [2.45, 2.75) is 39.2 Å². The Bertz CT molecular complexity index is 1090. The van der Waals surface area contributed by atoms with Gasteiger partial charge in [0.15, 0.2) is 0 Å². The molecule has 0 unspecified atom stereocenters. The van der Waals surface area contributed by atoms with Gasteiger partial charge < -0.3 is 15.1 Å². The van der Waals surface area contributed by atoms with Crippen molar-refractivity contribution in [3.8, 4) is 0 Å². The minimum atomic E-state index is -0.574. The van der Waals surface area contributed by atoms with Crippen LogP contribution in [-0.4, -0.2) is 70.6 Å². The molecule has 0 spiro atoms. The van der Waals surface area contributed by atoms with Gasteiger partial charge in [-0.25, -0.2) is 9.49 Å². The molecule has 2 aromatic rings. The second-order valence-electron chi connectivity index (χ2n) is 8.51. The van der Waals surface area contributed by atoms with Gasteiger partial charge in [0, 0.05) is 38.2 Å². The standard InChI is InChI=1S/C23H28FN5O3/c1-14-15(2)21(30)27-26-20(14)13-16-5-6-18(24)17(12-16)22(31)28-8-10-29(11-9-28)23(32)19-4-3-7-25-19/h5-6,12,19,25H,3-4,7-11,13H2,1-2H3,(H,27,30)/t19-/m1/s1. The number of carbonyl (C=O) groups is 2. The van der Waals surface area contributed by atoms with Gasteiger partial charge in [-0.1, -0.05) is 6.07 Å². The molecule has 8 nitrogen and oxygen atoms in total. The van der Waals surface area contributed by atoms with Crippen LogP contribution >= 0.6 is 0 Å². The van der Waals surface area contributed by atoms with Crippen LogP contribution in [0.2, 0.25) is 0 Å². The first-order chi connectivity index (χ1) is 15.3. The average Bonchev–Trinajstić information content (AvgIpc) is 3.35. The first-order valence-corrected chi connectivity index (χ1v) is 11.0. The van der Waals surface area contributed by atoms with Crippen molar-refractivity contribution >= 4 is 11.8 Å². The van der Waals surface area contributed by atoms with Crippen molar-refractivity contribution < 1.29 is 14.0 Å². The predicted molar refractivity (Wildman–Crippen MR) is 117 cm³/mol. The molecule has 1 atom stereocenters. The summed E-state index contributed by atoms with van der Waals surface area (Å²) in [6, 6.07) is 4.35. The van der Waals surface area contributed by atoms with E-state index in [0.29, 0.717) is 43.9 Å². The highest BCUT2D eigenvalue weighted by Gasteiger charge is 2.31. The maximum Gasteiger partial charge on any atom is 0.267 e. The van der Waals surface area contributed by atoms with Crippen LogP contribution < -0.4 is 10.9 Å². The molecule has 9 heteroatoms. The SMILES string of the molecule is Cc1c(Cc2ccc(F)c(C(=O)N3CCN(C(=O)[C@H]4CCCN4)CC3)c2)n[nH]c(=O)c1C. The highest BCUT2D eigenvalue weighted by Crippen LogP contribution is 2.19. The fraction of sp³-hybridized carbons (Fsp3) is 0.478. The van der Waals surface area contributed by atoms with E-state index in [2.05, 4.69) is 15.5 Å². The normalized spacial score (nSPS) is 18.8. The first kappa shape index (κ1) is 22.1. The zero-order valence-electron chi connectivity index (χ0n) is 18.4. The van der Waals surface area contributed by atoms with E-state index in [1.165, 1.54) is 6.07 Å². The lowest BCUT2D eigenvalue weighted by Crippen LogP contribution is -2.54. The molecule has 2 aliphatic heterocycles. The summed E-state index contributed by atoms with van der Waals surface area (Å²) in [5.74, 6) is -0.866. The molecular weight excluding hydrogens is 413 g/mol. The molecule has 170 valence electrons. The van der Waals surface area contributed by atoms with Crippen molar-refractivity contribution in [3.05, 3.63) is 62.3 Å². The summed E-state index contributed by atoms with van der Waals surface area (Å²) in [6.07, 6.45) is 2.22. The molecule has 1 aromatic heterocycles. The summed E-state index contributed by atoms with van der Waals surface area (Å²) in [6.45, 7) is 6.06. The van der Waals surface area contributed by atoms with Crippen molar-refractivity contribution in [1.29, 1.82) is 0 Å². The summed E-state index contributed by atoms with van der Waals surface area (Å²) in [5, 5.41) is 9.79. The Morgan fingerprint density at radius 1 is 1.12 bits per heavy atom. The second kappa shape index (κ2) is 9.20. The number of nitrogens with one attached hydrogen (secondary N) is 2. The number of hydrogen-bond acceptors (Lipinski definition) is 5. The van der Waals surface area contributed by atoms with Crippen LogP contribution in [-0.2, 0) is 11.2 Å². The molecule has 2 saturated heterocycles. The van der Waals surface area contributed by atoms with Crippen LogP contribution in [0.3, 0.4) is 0 Å². The summed E-state index contributed by atoms with van der Waals surface area (Å²) >= 11 is 0. The minimum absolute atomic E-state index is 0.0125. The van der Waals surface area contributed by atoms with E-state index in [1.807, 2.05) is 6.92 Å². The summed E-state index contributed by atoms with van der Waals surface area (Å²) < 4.78 is 14.5. The number of piperazine rings is 1. The topological polar surface area (TPSA) is 98.4 Å². The number of carbonyl (C=O) groups excluding carboxylic acids is 2. The Hall–Kier alpha value is -3.07. The van der Waals surface area contributed by atoms with Crippen molar-refractivity contribution in [1.82, 2.24) is 25.3 Å². The number of nitrogens with zero attached hydrogens (tertiary/aromatic N) is 3. The Morgan fingerprint density at radius 3 is 2.53 bits per heavy atom. The molecule has 0 bridgehead atoms. The van der Waals surface area contributed by atoms with Gasteiger partial charge in [-0.05, 0) is 56.5 Å². The largest absolute Gasteiger partial charge is 0.338 e. The van der Waals surface area contributed by atoms with Crippen LogP contribution in [0.15, 0.2) is 23.0 Å². The van der Waals surface area contributed by atoms with Gasteiger partial charge in [-0.15, -0.1) is 0 Å². The number of hydrogen-bond donors (Lipinski definition) is 2. The predicted octanol–water partition coefficient (Wildman–Crippen LogP) is 1.15. The summed E-state index contributed by atoms with van der Waals surface area (Å²) in [5.41, 5.74) is 2.57. The quantitative estimate of drug-likeness (QED) is 0.742. The van der Waals surface area contributed by atoms with E-state index in [0.717, 1.165) is 30.5 Å². The third kappa shape index (κ3) is 4.43. The molecular formula is C23H28FN5O3. The molecule has 2 N–H and O–H groups in total. The van der Waals surface area contributed by atoms with Crippen molar-refractivity contribution in [2.24, 2.45) is 0 Å². The van der Waals surface area contributed by atoms with Gasteiger partial charge >= 0.3 is 0 Å². The van der Waals surface area contributed by atoms with Crippen LogP contribution in [0.4, 0.5) is 4.39 Å². The zero-order chi connectivity index (χ0) is 22.8. The molecule has 0 saturated carbocycles. The first-order valence-electron chi connectivity index (χ1n) is 11.0. The van der Waals surface area contributed by atoms with Gasteiger partial charge in [0.25, 0.3) is 11.5 Å². The van der Waals surface area contributed by atoms with Gasteiger partial charge in [0.2, 0.25) is 5.91 Å². The van der Waals surface area contributed by atoms with E-state index in [9.17, 15) is 18.8 Å². The van der Waals surface area contributed by atoms with E-state index < -0.39 is 5.82 Å². The van der Waals surface area contributed by atoms with E-state index in [4.69, 9.17) is 0 Å². The maximum atomic E-state index is 14.5. The lowest BCUT2D eigenvalue weighted by Gasteiger charge is -2.36. The molecule has 4 rings (SSSR count). The van der Waals surface area contributed by atoms with Crippen LogP contribution in [0.1, 0.15) is 45.6 Å². The Morgan fingerprint density at radius 2 is 1.84 bits per heavy atom. The van der Waals surface area contributed by atoms with Crippen molar-refractivity contribution in [2.75, 3.05) is 32.7 Å². The molecule has 2 aliphatic rings. The number of aromatic amines is 1. The monoisotopic (exact) mass is 441 g/mol. The van der Waals surface area contributed by atoms with Gasteiger partial charge in [0.05, 0.1) is 17.3 Å². The van der Waals surface area contributed by atoms with Crippen molar-refractivity contribution in [3.63, 3.8) is 0 Å². The number of amides is 2. The molecule has 32 heavy (non-hydrogen) atoms. The molecule has 0 radical (unpaired) electrons.